The van der Waals surface area contributed by atoms with Crippen LogP contribution in [0.25, 0.3) is 10.9 Å². The summed E-state index contributed by atoms with van der Waals surface area (Å²) in [5, 5.41) is 8.46. The Bertz CT molecular complexity index is 1250. The first kappa shape index (κ1) is 18.4. The van der Waals surface area contributed by atoms with Gasteiger partial charge in [0.1, 0.15) is 17.0 Å². The van der Waals surface area contributed by atoms with Crippen LogP contribution in [0.4, 0.5) is 0 Å². The number of pyridine rings is 1. The number of benzene rings is 2. The van der Waals surface area contributed by atoms with Gasteiger partial charge in [0.2, 0.25) is 0 Å². The number of nitrogens with one attached hydrogen (secondary N) is 1. The number of aryl methyl sites for hydroxylation is 2. The van der Waals surface area contributed by atoms with Gasteiger partial charge in [-0.15, -0.1) is 0 Å². The third kappa shape index (κ3) is 2.84. The number of rotatable bonds is 3. The fraction of sp³-hybridized carbons (Fsp3) is 0.208. The Morgan fingerprint density at radius 3 is 2.80 bits per heavy atom. The van der Waals surface area contributed by atoms with Gasteiger partial charge in [0.15, 0.2) is 0 Å². The number of hydrogen-bond donors (Lipinski definition) is 1. The first-order valence-electron chi connectivity index (χ1n) is 9.97. The molecule has 0 fully saturated rings. The lowest BCUT2D eigenvalue weighted by molar-refractivity contribution is 0.0885. The Morgan fingerprint density at radius 2 is 1.97 bits per heavy atom. The highest BCUT2D eigenvalue weighted by Gasteiger charge is 2.42. The maximum absolute atomic E-state index is 13.6. The van der Waals surface area contributed by atoms with Crippen LogP contribution in [0.1, 0.15) is 33.6 Å². The van der Waals surface area contributed by atoms with Gasteiger partial charge >= 0.3 is 0 Å². The van der Waals surface area contributed by atoms with E-state index in [0.717, 1.165) is 27.7 Å². The largest absolute Gasteiger partial charge is 0.491 e. The van der Waals surface area contributed by atoms with Crippen LogP contribution in [0.5, 0.6) is 5.75 Å². The predicted octanol–water partition coefficient (Wildman–Crippen LogP) is 3.73. The molecule has 6 heteroatoms. The number of carbonyl (C=O) groups is 1. The van der Waals surface area contributed by atoms with E-state index in [1.807, 2.05) is 44.3 Å². The maximum atomic E-state index is 13.6. The van der Waals surface area contributed by atoms with Gasteiger partial charge in [-0.3, -0.25) is 14.5 Å². The Labute approximate surface area is 174 Å². The smallest absolute Gasteiger partial charge is 0.253 e. The molecule has 150 valence electrons. The molecule has 3 heterocycles. The molecular weight excluding hydrogens is 376 g/mol. The first-order chi connectivity index (χ1) is 14.6. The van der Waals surface area contributed by atoms with Crippen LogP contribution < -0.4 is 10.1 Å². The molecule has 30 heavy (non-hydrogen) atoms. The molecule has 0 unspecified atom stereocenters. The van der Waals surface area contributed by atoms with E-state index < -0.39 is 5.54 Å². The number of hydrogen-bond acceptors (Lipinski definition) is 4. The van der Waals surface area contributed by atoms with E-state index in [-0.39, 0.29) is 5.91 Å². The van der Waals surface area contributed by atoms with Crippen molar-refractivity contribution >= 4 is 16.8 Å². The maximum Gasteiger partial charge on any atom is 0.253 e. The molecule has 1 amide bonds. The van der Waals surface area contributed by atoms with E-state index in [9.17, 15) is 4.79 Å². The average Bonchev–Trinajstić information content (AvgIpc) is 3.15. The standard InChI is InChI=1S/C24H22N4O2/c1-16-8-10-17(11-9-16)24(12-14-30-21-7-4-13-25-22(21)24)27-23(29)18-5-3-6-20-19(18)15-26-28(20)2/h3-11,13,15H,12,14H2,1-2H3,(H,27,29)/t24-/m0/s1. The number of ether oxygens (including phenoxy) is 1. The van der Waals surface area contributed by atoms with E-state index in [4.69, 9.17) is 4.74 Å². The summed E-state index contributed by atoms with van der Waals surface area (Å²) < 4.78 is 7.63. The molecule has 0 bridgehead atoms. The SMILES string of the molecule is Cc1ccc([C@@]2(NC(=O)c3cccc4c3cnn4C)CCOc3cccnc32)cc1. The summed E-state index contributed by atoms with van der Waals surface area (Å²) in [5.74, 6) is 0.539. The van der Waals surface area contributed by atoms with E-state index >= 15 is 0 Å². The zero-order valence-corrected chi connectivity index (χ0v) is 16.9. The molecule has 1 aliphatic heterocycles. The molecule has 2 aromatic carbocycles. The molecule has 1 atom stereocenters. The first-order valence-corrected chi connectivity index (χ1v) is 9.97. The Morgan fingerprint density at radius 1 is 1.13 bits per heavy atom. The molecule has 2 aromatic heterocycles. The third-order valence-electron chi connectivity index (χ3n) is 5.82. The van der Waals surface area contributed by atoms with E-state index in [0.29, 0.717) is 24.3 Å². The second-order valence-electron chi connectivity index (χ2n) is 7.68. The van der Waals surface area contributed by atoms with Crippen LogP contribution in [-0.2, 0) is 12.6 Å². The number of fused-ring (bicyclic) bond motifs is 2. The summed E-state index contributed by atoms with van der Waals surface area (Å²) in [7, 11) is 1.87. The zero-order valence-electron chi connectivity index (χ0n) is 16.9. The summed E-state index contributed by atoms with van der Waals surface area (Å²) in [4.78, 5) is 18.2. The lowest BCUT2D eigenvalue weighted by atomic mass is 9.81. The minimum absolute atomic E-state index is 0.160. The summed E-state index contributed by atoms with van der Waals surface area (Å²) in [6.07, 6.45) is 4.07. The summed E-state index contributed by atoms with van der Waals surface area (Å²) in [6.45, 7) is 2.54. The number of nitrogens with zero attached hydrogens (tertiary/aromatic N) is 3. The molecule has 0 radical (unpaired) electrons. The van der Waals surface area contributed by atoms with Gasteiger partial charge in [-0.05, 0) is 36.8 Å². The van der Waals surface area contributed by atoms with E-state index in [1.165, 1.54) is 0 Å². The monoisotopic (exact) mass is 398 g/mol. The van der Waals surface area contributed by atoms with Crippen LogP contribution in [0.2, 0.25) is 0 Å². The molecule has 1 aliphatic rings. The lowest BCUT2D eigenvalue weighted by Gasteiger charge is -2.39. The molecule has 4 aromatic rings. The van der Waals surface area contributed by atoms with Crippen molar-refractivity contribution in [3.63, 3.8) is 0 Å². The molecule has 5 rings (SSSR count). The summed E-state index contributed by atoms with van der Waals surface area (Å²) in [5.41, 5.74) is 3.61. The predicted molar refractivity (Wildman–Crippen MR) is 114 cm³/mol. The van der Waals surface area contributed by atoms with Gasteiger partial charge in [0, 0.05) is 25.1 Å². The van der Waals surface area contributed by atoms with Crippen molar-refractivity contribution < 1.29 is 9.53 Å². The van der Waals surface area contributed by atoms with Crippen molar-refractivity contribution in [2.75, 3.05) is 6.61 Å². The minimum atomic E-state index is -0.774. The summed E-state index contributed by atoms with van der Waals surface area (Å²) in [6, 6.07) is 17.7. The Hall–Kier alpha value is -3.67. The van der Waals surface area contributed by atoms with Gasteiger partial charge in [-0.1, -0.05) is 35.9 Å². The van der Waals surface area contributed by atoms with Crippen molar-refractivity contribution in [1.29, 1.82) is 0 Å². The number of amides is 1. The topological polar surface area (TPSA) is 69.0 Å². The van der Waals surface area contributed by atoms with Gasteiger partial charge < -0.3 is 10.1 Å². The van der Waals surface area contributed by atoms with Crippen LogP contribution in [0, 0.1) is 6.92 Å². The molecule has 0 spiro atoms. The third-order valence-corrected chi connectivity index (χ3v) is 5.82. The highest BCUT2D eigenvalue weighted by Crippen LogP contribution is 2.40. The highest BCUT2D eigenvalue weighted by molar-refractivity contribution is 6.06. The van der Waals surface area contributed by atoms with E-state index in [2.05, 4.69) is 39.7 Å². The van der Waals surface area contributed by atoms with Crippen molar-refractivity contribution in [1.82, 2.24) is 20.1 Å². The van der Waals surface area contributed by atoms with Gasteiger partial charge in [-0.25, -0.2) is 0 Å². The Balaban J connectivity index is 1.65. The molecule has 6 nitrogen and oxygen atoms in total. The highest BCUT2D eigenvalue weighted by atomic mass is 16.5. The number of aromatic nitrogens is 3. The fourth-order valence-corrected chi connectivity index (χ4v) is 4.21. The fourth-order valence-electron chi connectivity index (χ4n) is 4.21. The van der Waals surface area contributed by atoms with Crippen molar-refractivity contribution in [2.45, 2.75) is 18.9 Å². The second kappa shape index (κ2) is 6.99. The van der Waals surface area contributed by atoms with E-state index in [1.54, 1.807) is 17.1 Å². The van der Waals surface area contributed by atoms with Crippen LogP contribution in [0.15, 0.2) is 67.0 Å². The average molecular weight is 398 g/mol. The molecule has 0 saturated heterocycles. The van der Waals surface area contributed by atoms with Crippen LogP contribution >= 0.6 is 0 Å². The minimum Gasteiger partial charge on any atom is -0.491 e. The second-order valence-corrected chi connectivity index (χ2v) is 7.68. The van der Waals surface area contributed by atoms with Gasteiger partial charge in [-0.2, -0.15) is 5.10 Å². The quantitative estimate of drug-likeness (QED) is 0.571. The molecule has 0 saturated carbocycles. The van der Waals surface area contributed by atoms with Crippen molar-refractivity contribution in [2.24, 2.45) is 7.05 Å². The van der Waals surface area contributed by atoms with Gasteiger partial charge in [0.25, 0.3) is 5.91 Å². The normalized spacial score (nSPS) is 17.9. The number of carbonyl (C=O) groups excluding carboxylic acids is 1. The van der Waals surface area contributed by atoms with Crippen LogP contribution in [0.3, 0.4) is 0 Å². The molecular formula is C24H22N4O2. The van der Waals surface area contributed by atoms with Gasteiger partial charge in [0.05, 0.1) is 23.9 Å². The van der Waals surface area contributed by atoms with Crippen molar-refractivity contribution in [3.8, 4) is 5.75 Å². The lowest BCUT2D eigenvalue weighted by Crippen LogP contribution is -2.50. The van der Waals surface area contributed by atoms with Crippen molar-refractivity contribution in [3.05, 3.63) is 89.4 Å². The van der Waals surface area contributed by atoms with Crippen LogP contribution in [-0.4, -0.2) is 27.3 Å². The zero-order chi connectivity index (χ0) is 20.7. The summed E-state index contributed by atoms with van der Waals surface area (Å²) >= 11 is 0. The molecule has 1 N–H and O–H groups in total. The molecule has 0 aliphatic carbocycles. The Kier molecular flexibility index (Phi) is 4.28.